The Bertz CT molecular complexity index is 1800. The van der Waals surface area contributed by atoms with Crippen LogP contribution in [-0.4, -0.2) is 48.1 Å². The number of aromatic nitrogens is 2. The zero-order chi connectivity index (χ0) is 29.9. The normalized spacial score (nSPS) is 13.2. The molecule has 1 fully saturated rings. The standard InChI is InChI=1S/C32H27F2N5O4/c1-19(40)15-21-6-9-23(16-26(21)33)36-32(41)35-22-7-4-20(5-8-22)30-37-28-18-24(29-3-2-12-43-29)27(34)17-25(28)31(38-30)39-10-13-42-14-11-39/h2-9,12,16-18H,10-11,13-15H2,1H3,(H2,35,36,41). The molecule has 2 N–H and O–H groups in total. The van der Waals surface area contributed by atoms with Crippen molar-refractivity contribution in [3.63, 3.8) is 0 Å². The van der Waals surface area contributed by atoms with Crippen LogP contribution in [0.1, 0.15) is 12.5 Å². The van der Waals surface area contributed by atoms with Crippen LogP contribution in [0.5, 0.6) is 0 Å². The summed E-state index contributed by atoms with van der Waals surface area (Å²) < 4.78 is 40.4. The van der Waals surface area contributed by atoms with Crippen LogP contribution < -0.4 is 15.5 Å². The summed E-state index contributed by atoms with van der Waals surface area (Å²) in [5.74, 6) is 0.287. The lowest BCUT2D eigenvalue weighted by Crippen LogP contribution is -2.37. The molecule has 0 saturated carbocycles. The number of fused-ring (bicyclic) bond motifs is 1. The molecule has 0 bridgehead atoms. The van der Waals surface area contributed by atoms with E-state index in [9.17, 15) is 14.0 Å². The van der Waals surface area contributed by atoms with Crippen molar-refractivity contribution in [1.29, 1.82) is 0 Å². The lowest BCUT2D eigenvalue weighted by Gasteiger charge is -2.29. The van der Waals surface area contributed by atoms with Gasteiger partial charge in [0.1, 0.15) is 29.0 Å². The maximum atomic E-state index is 15.2. The molecule has 43 heavy (non-hydrogen) atoms. The number of benzene rings is 3. The molecule has 0 atom stereocenters. The second kappa shape index (κ2) is 12.0. The number of carbonyl (C=O) groups is 2. The summed E-state index contributed by atoms with van der Waals surface area (Å²) in [5.41, 5.74) is 2.56. The molecule has 11 heteroatoms. The van der Waals surface area contributed by atoms with Gasteiger partial charge in [0.15, 0.2) is 5.82 Å². The third-order valence-corrected chi connectivity index (χ3v) is 7.01. The minimum absolute atomic E-state index is 0.0123. The van der Waals surface area contributed by atoms with E-state index in [0.29, 0.717) is 71.4 Å². The molecule has 1 saturated heterocycles. The number of furan rings is 1. The van der Waals surface area contributed by atoms with Gasteiger partial charge < -0.3 is 24.7 Å². The van der Waals surface area contributed by atoms with Crippen molar-refractivity contribution in [1.82, 2.24) is 9.97 Å². The largest absolute Gasteiger partial charge is 0.464 e. The second-order valence-corrected chi connectivity index (χ2v) is 10.1. The quantitative estimate of drug-likeness (QED) is 0.227. The number of Topliss-reactive ketones (excluding diaryl/α,β-unsaturated/α-hetero) is 1. The maximum absolute atomic E-state index is 15.2. The van der Waals surface area contributed by atoms with E-state index in [1.807, 2.05) is 0 Å². The molecule has 9 nitrogen and oxygen atoms in total. The predicted octanol–water partition coefficient (Wildman–Crippen LogP) is 6.45. The number of carbonyl (C=O) groups excluding carboxylic acids is 2. The van der Waals surface area contributed by atoms with Crippen LogP contribution in [0.4, 0.5) is 30.8 Å². The summed E-state index contributed by atoms with van der Waals surface area (Å²) >= 11 is 0. The summed E-state index contributed by atoms with van der Waals surface area (Å²) in [7, 11) is 0. The topological polar surface area (TPSA) is 110 Å². The van der Waals surface area contributed by atoms with E-state index >= 15 is 4.39 Å². The van der Waals surface area contributed by atoms with Crippen molar-refractivity contribution in [2.24, 2.45) is 0 Å². The second-order valence-electron chi connectivity index (χ2n) is 10.1. The number of ketones is 1. The highest BCUT2D eigenvalue weighted by atomic mass is 19.1. The van der Waals surface area contributed by atoms with Crippen molar-refractivity contribution in [2.75, 3.05) is 41.8 Å². The summed E-state index contributed by atoms with van der Waals surface area (Å²) in [4.78, 5) is 35.5. The molecule has 2 amide bonds. The molecule has 0 unspecified atom stereocenters. The van der Waals surface area contributed by atoms with Gasteiger partial charge in [-0.2, -0.15) is 0 Å². The van der Waals surface area contributed by atoms with Gasteiger partial charge in [0.25, 0.3) is 0 Å². The number of anilines is 3. The Hall–Kier alpha value is -5.16. The molecular formula is C32H27F2N5O4. The molecule has 2 aromatic heterocycles. The number of hydrogen-bond donors (Lipinski definition) is 2. The Labute approximate surface area is 245 Å². The average molecular weight is 584 g/mol. The number of urea groups is 1. The minimum Gasteiger partial charge on any atom is -0.464 e. The molecule has 0 radical (unpaired) electrons. The summed E-state index contributed by atoms with van der Waals surface area (Å²) in [5, 5.41) is 5.89. The molecule has 5 aromatic rings. The highest BCUT2D eigenvalue weighted by Gasteiger charge is 2.21. The highest BCUT2D eigenvalue weighted by Crippen LogP contribution is 2.34. The van der Waals surface area contributed by atoms with Gasteiger partial charge in [-0.25, -0.2) is 23.5 Å². The SMILES string of the molecule is CC(=O)Cc1ccc(NC(=O)Nc2ccc(-c3nc(N4CCOCC4)c4cc(F)c(-c5ccco5)cc4n3)cc2)cc1F. The zero-order valence-electron chi connectivity index (χ0n) is 23.2. The van der Waals surface area contributed by atoms with Gasteiger partial charge in [-0.15, -0.1) is 0 Å². The van der Waals surface area contributed by atoms with Crippen molar-refractivity contribution in [3.05, 3.63) is 90.2 Å². The molecule has 1 aliphatic rings. The van der Waals surface area contributed by atoms with Crippen LogP contribution in [0.25, 0.3) is 33.6 Å². The summed E-state index contributed by atoms with van der Waals surface area (Å²) in [6, 6.07) is 17.1. The Morgan fingerprint density at radius 1 is 0.907 bits per heavy atom. The van der Waals surface area contributed by atoms with Crippen LogP contribution in [0.2, 0.25) is 0 Å². The van der Waals surface area contributed by atoms with Gasteiger partial charge >= 0.3 is 6.03 Å². The van der Waals surface area contributed by atoms with Crippen LogP contribution in [0.15, 0.2) is 77.4 Å². The van der Waals surface area contributed by atoms with E-state index in [1.54, 1.807) is 42.5 Å². The number of amides is 2. The third kappa shape index (κ3) is 6.21. The van der Waals surface area contributed by atoms with Crippen LogP contribution >= 0.6 is 0 Å². The third-order valence-electron chi connectivity index (χ3n) is 7.01. The van der Waals surface area contributed by atoms with Crippen molar-refractivity contribution >= 4 is 39.9 Å². The first-order valence-corrected chi connectivity index (χ1v) is 13.7. The Morgan fingerprint density at radius 3 is 2.35 bits per heavy atom. The summed E-state index contributed by atoms with van der Waals surface area (Å²) in [6.45, 7) is 3.67. The zero-order valence-corrected chi connectivity index (χ0v) is 23.2. The Kier molecular flexibility index (Phi) is 7.80. The fraction of sp³-hybridized carbons (Fsp3) is 0.188. The molecule has 3 aromatic carbocycles. The maximum Gasteiger partial charge on any atom is 0.323 e. The first-order chi connectivity index (χ1) is 20.8. The van der Waals surface area contributed by atoms with Crippen LogP contribution in [-0.2, 0) is 16.0 Å². The fourth-order valence-electron chi connectivity index (χ4n) is 4.93. The number of ether oxygens (including phenoxy) is 1. The molecule has 0 spiro atoms. The van der Waals surface area contributed by atoms with Gasteiger partial charge in [0.05, 0.1) is 30.6 Å². The van der Waals surface area contributed by atoms with E-state index in [4.69, 9.17) is 19.1 Å². The van der Waals surface area contributed by atoms with E-state index in [0.717, 1.165) is 0 Å². The average Bonchev–Trinajstić information content (AvgIpc) is 3.53. The monoisotopic (exact) mass is 583 g/mol. The van der Waals surface area contributed by atoms with E-state index in [1.165, 1.54) is 37.5 Å². The van der Waals surface area contributed by atoms with Gasteiger partial charge in [-0.3, -0.25) is 4.79 Å². The minimum atomic E-state index is -0.566. The molecule has 6 rings (SSSR count). The molecule has 218 valence electrons. The lowest BCUT2D eigenvalue weighted by atomic mass is 10.1. The Balaban J connectivity index is 1.25. The van der Waals surface area contributed by atoms with E-state index in [-0.39, 0.29) is 23.5 Å². The predicted molar refractivity (Wildman–Crippen MR) is 159 cm³/mol. The first kappa shape index (κ1) is 28.0. The molecule has 1 aliphatic heterocycles. The molecule has 0 aliphatic carbocycles. The van der Waals surface area contributed by atoms with Crippen molar-refractivity contribution in [2.45, 2.75) is 13.3 Å². The Morgan fingerprint density at radius 2 is 1.65 bits per heavy atom. The highest BCUT2D eigenvalue weighted by molar-refractivity contribution is 6.00. The fourth-order valence-corrected chi connectivity index (χ4v) is 4.93. The van der Waals surface area contributed by atoms with E-state index < -0.39 is 17.7 Å². The number of hydrogen-bond acceptors (Lipinski definition) is 7. The van der Waals surface area contributed by atoms with Gasteiger partial charge in [0, 0.05) is 41.8 Å². The smallest absolute Gasteiger partial charge is 0.323 e. The van der Waals surface area contributed by atoms with Gasteiger partial charge in [-0.1, -0.05) is 6.07 Å². The van der Waals surface area contributed by atoms with E-state index in [2.05, 4.69) is 15.5 Å². The van der Waals surface area contributed by atoms with Gasteiger partial charge in [-0.05, 0) is 73.2 Å². The first-order valence-electron chi connectivity index (χ1n) is 13.7. The van der Waals surface area contributed by atoms with Crippen molar-refractivity contribution in [3.8, 4) is 22.7 Å². The molecular weight excluding hydrogens is 556 g/mol. The number of nitrogens with one attached hydrogen (secondary N) is 2. The number of halogens is 2. The molecule has 3 heterocycles. The number of nitrogens with zero attached hydrogens (tertiary/aromatic N) is 3. The summed E-state index contributed by atoms with van der Waals surface area (Å²) in [6.07, 6.45) is 1.48. The van der Waals surface area contributed by atoms with Crippen LogP contribution in [0, 0.1) is 11.6 Å². The van der Waals surface area contributed by atoms with Crippen molar-refractivity contribution < 1.29 is 27.5 Å². The van der Waals surface area contributed by atoms with Gasteiger partial charge in [0.2, 0.25) is 0 Å². The number of morpholine rings is 1. The van der Waals surface area contributed by atoms with Crippen LogP contribution in [0.3, 0.4) is 0 Å². The number of rotatable bonds is 7. The lowest BCUT2D eigenvalue weighted by molar-refractivity contribution is -0.116.